The number of nitrogens with zero attached hydrogens (tertiary/aromatic N) is 2. The second-order valence-corrected chi connectivity index (χ2v) is 9.89. The van der Waals surface area contributed by atoms with E-state index in [1.54, 1.807) is 0 Å². The number of carbonyl (C=O) groups is 1. The van der Waals surface area contributed by atoms with Crippen molar-refractivity contribution in [3.05, 3.63) is 41.0 Å². The average Bonchev–Trinajstić information content (AvgIpc) is 3.46. The molecule has 13 heteroatoms. The molecule has 170 valence electrons. The Balaban J connectivity index is 1.59. The third-order valence-electron chi connectivity index (χ3n) is 4.66. The summed E-state index contributed by atoms with van der Waals surface area (Å²) in [6, 6.07) is 2.03. The van der Waals surface area contributed by atoms with Gasteiger partial charge in [0.1, 0.15) is 23.6 Å². The van der Waals surface area contributed by atoms with Crippen LogP contribution < -0.4 is 15.4 Å². The van der Waals surface area contributed by atoms with Crippen molar-refractivity contribution in [2.75, 3.05) is 27.8 Å². The van der Waals surface area contributed by atoms with Crippen LogP contribution >= 0.6 is 11.3 Å². The fraction of sp³-hybridized carbons (Fsp3) is 0.316. The first kappa shape index (κ1) is 22.3. The van der Waals surface area contributed by atoms with Gasteiger partial charge in [0.05, 0.1) is 33.9 Å². The van der Waals surface area contributed by atoms with Crippen LogP contribution in [0.2, 0.25) is 0 Å². The quantitative estimate of drug-likeness (QED) is 0.424. The number of alkyl halides is 1. The van der Waals surface area contributed by atoms with Gasteiger partial charge >= 0.3 is 0 Å². The number of halogens is 3. The highest BCUT2D eigenvalue weighted by Gasteiger charge is 2.25. The number of rotatable bonds is 9. The summed E-state index contributed by atoms with van der Waals surface area (Å²) in [5.74, 6) is -3.19. The minimum absolute atomic E-state index is 0.0963. The maximum atomic E-state index is 14.8. The largest absolute Gasteiger partial charge is 0.366 e. The zero-order chi connectivity index (χ0) is 22.9. The number of hydrogen-bond donors (Lipinski definition) is 3. The topological polar surface area (TPSA) is 113 Å². The first-order valence-electron chi connectivity index (χ1n) is 9.63. The Morgan fingerprint density at radius 1 is 1.22 bits per heavy atom. The first-order valence-corrected chi connectivity index (χ1v) is 12.2. The van der Waals surface area contributed by atoms with Crippen LogP contribution in [0, 0.1) is 11.6 Å². The van der Waals surface area contributed by atoms with E-state index in [0.717, 1.165) is 25.0 Å². The van der Waals surface area contributed by atoms with Crippen LogP contribution in [0.3, 0.4) is 0 Å². The zero-order valence-electron chi connectivity index (χ0n) is 16.5. The number of aromatic nitrogens is 2. The van der Waals surface area contributed by atoms with Crippen LogP contribution in [0.5, 0.6) is 0 Å². The standard InChI is InChI=1S/C19H18F3N5O3S2/c20-6-1-7-32(29,30)27-13-5-4-12(21)16(14(13)22)26-19(28)11-8-31-17-15(11)23-9-24-18(17)25-10-2-3-10/h4-5,8-10,27H,1-3,6-7H2,(H,26,28)(H,23,24,25). The Morgan fingerprint density at radius 3 is 2.72 bits per heavy atom. The van der Waals surface area contributed by atoms with Gasteiger partial charge in [-0.15, -0.1) is 11.3 Å². The van der Waals surface area contributed by atoms with Crippen LogP contribution in [0.15, 0.2) is 23.8 Å². The molecule has 8 nitrogen and oxygen atoms in total. The summed E-state index contributed by atoms with van der Waals surface area (Å²) >= 11 is 1.22. The molecule has 3 aromatic rings. The molecule has 1 aliphatic rings. The number of anilines is 3. The molecule has 32 heavy (non-hydrogen) atoms. The summed E-state index contributed by atoms with van der Waals surface area (Å²) in [4.78, 5) is 21.1. The lowest BCUT2D eigenvalue weighted by Gasteiger charge is -2.13. The highest BCUT2D eigenvalue weighted by atomic mass is 32.2. The van der Waals surface area contributed by atoms with Crippen molar-refractivity contribution in [1.29, 1.82) is 0 Å². The van der Waals surface area contributed by atoms with E-state index in [2.05, 4.69) is 20.6 Å². The van der Waals surface area contributed by atoms with E-state index >= 15 is 0 Å². The molecular weight excluding hydrogens is 467 g/mol. The SMILES string of the molecule is O=C(Nc1c(F)ccc(NS(=O)(=O)CCCF)c1F)c1csc2c(NC3CC3)ncnc12. The lowest BCUT2D eigenvalue weighted by atomic mass is 10.2. The molecular formula is C19H18F3N5O3S2. The Bertz CT molecular complexity index is 1280. The molecule has 0 aliphatic heterocycles. The molecule has 0 unspecified atom stereocenters. The van der Waals surface area contributed by atoms with Gasteiger partial charge in [-0.3, -0.25) is 13.9 Å². The van der Waals surface area contributed by atoms with Crippen molar-refractivity contribution in [2.24, 2.45) is 0 Å². The number of hydrogen-bond acceptors (Lipinski definition) is 7. The molecule has 0 spiro atoms. The Labute approximate surface area is 185 Å². The number of benzene rings is 1. The minimum atomic E-state index is -4.05. The van der Waals surface area contributed by atoms with Crippen molar-refractivity contribution >= 4 is 54.7 Å². The van der Waals surface area contributed by atoms with E-state index in [0.29, 0.717) is 22.1 Å². The summed E-state index contributed by atoms with van der Waals surface area (Å²) in [6.07, 6.45) is 3.07. The maximum absolute atomic E-state index is 14.8. The molecule has 2 aromatic heterocycles. The second-order valence-electron chi connectivity index (χ2n) is 7.17. The molecule has 4 rings (SSSR count). The number of carbonyl (C=O) groups excluding carboxylic acids is 1. The Morgan fingerprint density at radius 2 is 2.00 bits per heavy atom. The Hall–Kier alpha value is -2.93. The molecule has 3 N–H and O–H groups in total. The van der Waals surface area contributed by atoms with Crippen LogP contribution in [0.1, 0.15) is 29.6 Å². The molecule has 1 aromatic carbocycles. The van der Waals surface area contributed by atoms with Crippen LogP contribution in [0.25, 0.3) is 10.2 Å². The summed E-state index contributed by atoms with van der Waals surface area (Å²) in [5, 5.41) is 6.90. The zero-order valence-corrected chi connectivity index (χ0v) is 18.1. The molecule has 0 bridgehead atoms. The van der Waals surface area contributed by atoms with Gasteiger partial charge < -0.3 is 10.6 Å². The van der Waals surface area contributed by atoms with Gasteiger partial charge in [0.15, 0.2) is 5.82 Å². The van der Waals surface area contributed by atoms with Crippen molar-refractivity contribution in [1.82, 2.24) is 9.97 Å². The third-order valence-corrected chi connectivity index (χ3v) is 6.99. The predicted octanol–water partition coefficient (Wildman–Crippen LogP) is 3.90. The maximum Gasteiger partial charge on any atom is 0.258 e. The van der Waals surface area contributed by atoms with Crippen molar-refractivity contribution < 1.29 is 26.4 Å². The van der Waals surface area contributed by atoms with Crippen LogP contribution in [0.4, 0.5) is 30.4 Å². The number of fused-ring (bicyclic) bond motifs is 1. The fourth-order valence-electron chi connectivity index (χ4n) is 2.93. The summed E-state index contributed by atoms with van der Waals surface area (Å²) < 4.78 is 67.8. The van der Waals surface area contributed by atoms with Crippen molar-refractivity contribution in [3.8, 4) is 0 Å². The van der Waals surface area contributed by atoms with Gasteiger partial charge in [0.25, 0.3) is 5.91 Å². The number of sulfonamides is 1. The van der Waals surface area contributed by atoms with Gasteiger partial charge in [0.2, 0.25) is 10.0 Å². The van der Waals surface area contributed by atoms with Gasteiger partial charge in [-0.05, 0) is 31.4 Å². The molecule has 1 amide bonds. The van der Waals surface area contributed by atoms with Gasteiger partial charge in [-0.1, -0.05) is 0 Å². The highest BCUT2D eigenvalue weighted by molar-refractivity contribution is 7.92. The summed E-state index contributed by atoms with van der Waals surface area (Å²) in [5.41, 5.74) is -0.951. The smallest absolute Gasteiger partial charge is 0.258 e. The molecule has 1 saturated carbocycles. The predicted molar refractivity (Wildman–Crippen MR) is 116 cm³/mol. The van der Waals surface area contributed by atoms with E-state index in [1.807, 2.05) is 4.72 Å². The molecule has 2 heterocycles. The summed E-state index contributed by atoms with van der Waals surface area (Å²) in [6.45, 7) is -0.857. The normalized spacial score (nSPS) is 13.8. The number of nitrogens with one attached hydrogen (secondary N) is 3. The van der Waals surface area contributed by atoms with E-state index in [9.17, 15) is 26.4 Å². The van der Waals surface area contributed by atoms with Crippen molar-refractivity contribution in [2.45, 2.75) is 25.3 Å². The Kier molecular flexibility index (Phi) is 6.20. The van der Waals surface area contributed by atoms with E-state index in [-0.39, 0.29) is 12.0 Å². The van der Waals surface area contributed by atoms with Crippen molar-refractivity contribution in [3.63, 3.8) is 0 Å². The number of amides is 1. The van der Waals surface area contributed by atoms with Gasteiger partial charge in [-0.2, -0.15) is 0 Å². The van der Waals surface area contributed by atoms with Crippen LogP contribution in [-0.4, -0.2) is 42.8 Å². The van der Waals surface area contributed by atoms with E-state index in [4.69, 9.17) is 0 Å². The second kappa shape index (κ2) is 8.90. The molecule has 1 fully saturated rings. The lowest BCUT2D eigenvalue weighted by Crippen LogP contribution is -2.19. The molecule has 1 aliphatic carbocycles. The highest BCUT2D eigenvalue weighted by Crippen LogP contribution is 2.33. The monoisotopic (exact) mass is 485 g/mol. The molecule has 0 saturated heterocycles. The van der Waals surface area contributed by atoms with E-state index < -0.39 is 51.4 Å². The minimum Gasteiger partial charge on any atom is -0.366 e. The first-order chi connectivity index (χ1) is 15.3. The van der Waals surface area contributed by atoms with Gasteiger partial charge in [-0.25, -0.2) is 27.2 Å². The fourth-order valence-corrected chi connectivity index (χ4v) is 4.96. The molecule has 0 atom stereocenters. The van der Waals surface area contributed by atoms with Gasteiger partial charge in [0, 0.05) is 11.4 Å². The lowest BCUT2D eigenvalue weighted by molar-refractivity contribution is 0.102. The third kappa shape index (κ3) is 4.78. The number of thiophene rings is 1. The average molecular weight is 486 g/mol. The summed E-state index contributed by atoms with van der Waals surface area (Å²) in [7, 11) is -4.05. The molecule has 0 radical (unpaired) electrons. The van der Waals surface area contributed by atoms with E-state index in [1.165, 1.54) is 23.0 Å². The van der Waals surface area contributed by atoms with Crippen LogP contribution in [-0.2, 0) is 10.0 Å².